The number of hydrogen-bond acceptors (Lipinski definition) is 4. The summed E-state index contributed by atoms with van der Waals surface area (Å²) in [5.74, 6) is 0.560. The SMILES string of the molecule is CC(C)CCCc1c(-c2ccc(C[SH](=O)=O)cc2)cnn(-c2cccc(Cl)c2)c1=O. The van der Waals surface area contributed by atoms with Gasteiger partial charge in [0.2, 0.25) is 0 Å². The van der Waals surface area contributed by atoms with Crippen molar-refractivity contribution in [1.82, 2.24) is 9.78 Å². The lowest BCUT2D eigenvalue weighted by molar-refractivity contribution is 0.553. The second-order valence-corrected chi connectivity index (χ2v) is 9.13. The van der Waals surface area contributed by atoms with Crippen molar-refractivity contribution < 1.29 is 8.42 Å². The minimum atomic E-state index is -2.48. The summed E-state index contributed by atoms with van der Waals surface area (Å²) < 4.78 is 23.3. The molecule has 0 amide bonds. The lowest BCUT2D eigenvalue weighted by atomic mass is 9.96. The number of rotatable bonds is 8. The smallest absolute Gasteiger partial charge is 0.267 e. The largest absolute Gasteiger partial charge is 0.275 e. The number of benzene rings is 2. The van der Waals surface area contributed by atoms with Crippen LogP contribution in [0.25, 0.3) is 16.8 Å². The van der Waals surface area contributed by atoms with Crippen molar-refractivity contribution in [3.05, 3.63) is 81.2 Å². The molecule has 0 atom stereocenters. The molecular weight excluding hydrogens is 420 g/mol. The fourth-order valence-electron chi connectivity index (χ4n) is 3.40. The van der Waals surface area contributed by atoms with Gasteiger partial charge in [-0.1, -0.05) is 62.2 Å². The molecule has 2 aromatic carbocycles. The van der Waals surface area contributed by atoms with Crippen molar-refractivity contribution in [3.63, 3.8) is 0 Å². The lowest BCUT2D eigenvalue weighted by Gasteiger charge is -2.13. The monoisotopic (exact) mass is 444 g/mol. The molecule has 0 spiro atoms. The number of thiol groups is 1. The summed E-state index contributed by atoms with van der Waals surface area (Å²) in [5, 5.41) is 4.93. The van der Waals surface area contributed by atoms with E-state index in [1.54, 1.807) is 42.6 Å². The van der Waals surface area contributed by atoms with Gasteiger partial charge in [-0.2, -0.15) is 9.78 Å². The first-order valence-corrected chi connectivity index (χ1v) is 11.7. The molecule has 0 N–H and O–H groups in total. The van der Waals surface area contributed by atoms with Crippen molar-refractivity contribution in [1.29, 1.82) is 0 Å². The highest BCUT2D eigenvalue weighted by Gasteiger charge is 2.15. The molecule has 0 unspecified atom stereocenters. The highest BCUT2D eigenvalue weighted by atomic mass is 35.5. The third kappa shape index (κ3) is 5.58. The van der Waals surface area contributed by atoms with Crippen LogP contribution in [0, 0.1) is 5.92 Å². The third-order valence-corrected chi connectivity index (χ3v) is 5.77. The fraction of sp³-hybridized carbons (Fsp3) is 0.304. The summed E-state index contributed by atoms with van der Waals surface area (Å²) in [5.41, 5.74) is 3.51. The quantitative estimate of drug-likeness (QED) is 0.514. The van der Waals surface area contributed by atoms with E-state index in [2.05, 4.69) is 18.9 Å². The van der Waals surface area contributed by atoms with E-state index in [4.69, 9.17) is 11.6 Å². The van der Waals surface area contributed by atoms with Gasteiger partial charge in [-0.25, -0.2) is 8.42 Å². The molecule has 1 heterocycles. The van der Waals surface area contributed by atoms with Gasteiger partial charge in [0.15, 0.2) is 0 Å². The molecule has 3 aromatic rings. The Labute approximate surface area is 183 Å². The molecule has 0 aliphatic rings. The zero-order valence-electron chi connectivity index (χ0n) is 17.0. The normalized spacial score (nSPS) is 11.4. The molecule has 3 rings (SSSR count). The molecular formula is C23H25ClN2O3S. The molecule has 5 nitrogen and oxygen atoms in total. The maximum Gasteiger partial charge on any atom is 0.275 e. The van der Waals surface area contributed by atoms with Crippen LogP contribution in [0.15, 0.2) is 59.5 Å². The van der Waals surface area contributed by atoms with Gasteiger partial charge in [-0.3, -0.25) is 4.79 Å². The zero-order chi connectivity index (χ0) is 21.7. The molecule has 1 aromatic heterocycles. The van der Waals surface area contributed by atoms with Crippen molar-refractivity contribution >= 4 is 22.3 Å². The summed E-state index contributed by atoms with van der Waals surface area (Å²) in [6.07, 6.45) is 4.27. The molecule has 30 heavy (non-hydrogen) atoms. The summed E-state index contributed by atoms with van der Waals surface area (Å²) in [4.78, 5) is 13.3. The van der Waals surface area contributed by atoms with Gasteiger partial charge in [-0.15, -0.1) is 0 Å². The molecule has 0 aliphatic carbocycles. The Morgan fingerprint density at radius 3 is 2.47 bits per heavy atom. The maximum absolute atomic E-state index is 13.3. The Bertz CT molecular complexity index is 1140. The number of aromatic nitrogens is 2. The van der Waals surface area contributed by atoms with Gasteiger partial charge >= 0.3 is 0 Å². The van der Waals surface area contributed by atoms with E-state index in [1.807, 2.05) is 12.1 Å². The second kappa shape index (κ2) is 10.0. The van der Waals surface area contributed by atoms with Gasteiger partial charge < -0.3 is 0 Å². The lowest BCUT2D eigenvalue weighted by Crippen LogP contribution is -2.25. The fourth-order valence-corrected chi connectivity index (χ4v) is 4.09. The summed E-state index contributed by atoms with van der Waals surface area (Å²) in [6, 6.07) is 14.3. The molecule has 0 radical (unpaired) electrons. The Morgan fingerprint density at radius 1 is 1.10 bits per heavy atom. The van der Waals surface area contributed by atoms with Crippen LogP contribution < -0.4 is 5.56 Å². The van der Waals surface area contributed by atoms with E-state index in [0.29, 0.717) is 28.6 Å². The van der Waals surface area contributed by atoms with Gasteiger partial charge in [0, 0.05) is 16.1 Å². The zero-order valence-corrected chi connectivity index (χ0v) is 18.7. The molecule has 0 aliphatic heterocycles. The summed E-state index contributed by atoms with van der Waals surface area (Å²) >= 11 is 6.10. The number of halogens is 1. The first-order valence-electron chi connectivity index (χ1n) is 9.93. The van der Waals surface area contributed by atoms with Crippen molar-refractivity contribution in [2.75, 3.05) is 0 Å². The molecule has 0 bridgehead atoms. The first kappa shape index (κ1) is 22.2. The Balaban J connectivity index is 2.05. The highest BCUT2D eigenvalue weighted by Crippen LogP contribution is 2.24. The Morgan fingerprint density at radius 2 is 1.83 bits per heavy atom. The van der Waals surface area contributed by atoms with Gasteiger partial charge in [0.05, 0.1) is 17.6 Å². The first-order chi connectivity index (χ1) is 14.3. The summed E-state index contributed by atoms with van der Waals surface area (Å²) in [6.45, 7) is 4.33. The summed E-state index contributed by atoms with van der Waals surface area (Å²) in [7, 11) is -2.48. The van der Waals surface area contributed by atoms with E-state index < -0.39 is 10.7 Å². The van der Waals surface area contributed by atoms with Crippen molar-refractivity contribution in [3.8, 4) is 16.8 Å². The van der Waals surface area contributed by atoms with Crippen LogP contribution in [-0.4, -0.2) is 18.2 Å². The number of hydrogen-bond donors (Lipinski definition) is 1. The maximum atomic E-state index is 13.3. The van der Waals surface area contributed by atoms with Crippen LogP contribution in [0.4, 0.5) is 0 Å². The molecule has 0 fully saturated rings. The minimum Gasteiger partial charge on any atom is -0.267 e. The van der Waals surface area contributed by atoms with E-state index in [0.717, 1.165) is 29.5 Å². The predicted octanol–water partition coefficient (Wildman–Crippen LogP) is 4.64. The standard InChI is InChI=1S/C23H25ClN2O3S/c1-16(2)5-3-8-21-22(18-11-9-17(10-12-18)15-30(28)29)14-25-26(23(21)27)20-7-4-6-19(24)13-20/h4,6-7,9-14,16,30H,3,5,8,15H2,1-2H3. The van der Waals surface area contributed by atoms with Crippen LogP contribution in [0.5, 0.6) is 0 Å². The predicted molar refractivity (Wildman–Crippen MR) is 122 cm³/mol. The molecule has 0 saturated heterocycles. The number of nitrogens with zero attached hydrogens (tertiary/aromatic N) is 2. The van der Waals surface area contributed by atoms with E-state index >= 15 is 0 Å². The van der Waals surface area contributed by atoms with E-state index in [1.165, 1.54) is 4.68 Å². The topological polar surface area (TPSA) is 69.0 Å². The van der Waals surface area contributed by atoms with Crippen molar-refractivity contribution in [2.45, 2.75) is 38.9 Å². The van der Waals surface area contributed by atoms with Crippen LogP contribution in [0.2, 0.25) is 5.02 Å². The second-order valence-electron chi connectivity index (χ2n) is 7.71. The van der Waals surface area contributed by atoms with Crippen LogP contribution in [0.3, 0.4) is 0 Å². The average Bonchev–Trinajstić information content (AvgIpc) is 2.69. The van der Waals surface area contributed by atoms with Gasteiger partial charge in [0.1, 0.15) is 10.7 Å². The molecule has 158 valence electrons. The average molecular weight is 445 g/mol. The molecule has 0 saturated carbocycles. The molecule has 7 heteroatoms. The van der Waals surface area contributed by atoms with Crippen LogP contribution in [-0.2, 0) is 22.9 Å². The van der Waals surface area contributed by atoms with Gasteiger partial charge in [0.25, 0.3) is 5.56 Å². The van der Waals surface area contributed by atoms with E-state index in [-0.39, 0.29) is 11.3 Å². The third-order valence-electron chi connectivity index (χ3n) is 4.92. The Hall–Kier alpha value is -2.44. The highest BCUT2D eigenvalue weighted by molar-refractivity contribution is 7.71. The van der Waals surface area contributed by atoms with Crippen LogP contribution >= 0.6 is 11.6 Å². The Kier molecular flexibility index (Phi) is 7.45. The van der Waals surface area contributed by atoms with Crippen molar-refractivity contribution in [2.24, 2.45) is 5.92 Å². The van der Waals surface area contributed by atoms with Gasteiger partial charge in [-0.05, 0) is 48.1 Å². The van der Waals surface area contributed by atoms with Crippen LogP contribution in [0.1, 0.15) is 37.8 Å². The van der Waals surface area contributed by atoms with E-state index in [9.17, 15) is 13.2 Å². The minimum absolute atomic E-state index is 0.00543.